The molecule has 140 valence electrons. The molecule has 0 saturated carbocycles. The van der Waals surface area contributed by atoms with Gasteiger partial charge in [0.2, 0.25) is 0 Å². The van der Waals surface area contributed by atoms with E-state index in [4.69, 9.17) is 5.10 Å². The molecule has 1 atom stereocenters. The third kappa shape index (κ3) is 3.27. The molecule has 5 rings (SSSR count). The van der Waals surface area contributed by atoms with Crippen molar-refractivity contribution in [2.45, 2.75) is 45.2 Å². The van der Waals surface area contributed by atoms with Crippen molar-refractivity contribution in [3.63, 3.8) is 0 Å². The highest BCUT2D eigenvalue weighted by Gasteiger charge is 2.27. The lowest BCUT2D eigenvalue weighted by atomic mass is 10.00. The number of hydrogen-bond acceptors (Lipinski definition) is 5. The Morgan fingerprint density at radius 2 is 2.00 bits per heavy atom. The molecule has 2 aliphatic rings. The first-order valence-corrected chi connectivity index (χ1v) is 9.87. The quantitative estimate of drug-likeness (QED) is 0.769. The minimum absolute atomic E-state index is 0.297. The van der Waals surface area contributed by atoms with E-state index in [1.807, 2.05) is 17.8 Å². The summed E-state index contributed by atoms with van der Waals surface area (Å²) in [5, 5.41) is 16.9. The van der Waals surface area contributed by atoms with Crippen LogP contribution in [-0.4, -0.2) is 42.8 Å². The van der Waals surface area contributed by atoms with Gasteiger partial charge in [-0.05, 0) is 62.7 Å². The summed E-state index contributed by atoms with van der Waals surface area (Å²) < 4.78 is 4.02. The average Bonchev–Trinajstić information content (AvgIpc) is 3.40. The van der Waals surface area contributed by atoms with Crippen molar-refractivity contribution in [2.75, 3.05) is 13.1 Å². The van der Waals surface area contributed by atoms with E-state index in [1.165, 1.54) is 24.0 Å². The summed E-state index contributed by atoms with van der Waals surface area (Å²) in [6, 6.07) is 8.95. The zero-order valence-corrected chi connectivity index (χ0v) is 15.7. The predicted octanol–water partition coefficient (Wildman–Crippen LogP) is 2.18. The van der Waals surface area contributed by atoms with E-state index in [1.54, 1.807) is 0 Å². The van der Waals surface area contributed by atoms with Crippen molar-refractivity contribution in [2.24, 2.45) is 5.92 Å². The summed E-state index contributed by atoms with van der Waals surface area (Å²) in [4.78, 5) is 4.67. The Balaban J connectivity index is 1.39. The van der Waals surface area contributed by atoms with E-state index in [0.29, 0.717) is 12.0 Å². The Morgan fingerprint density at radius 1 is 1.19 bits per heavy atom. The van der Waals surface area contributed by atoms with Crippen molar-refractivity contribution in [3.8, 4) is 11.5 Å². The van der Waals surface area contributed by atoms with Crippen molar-refractivity contribution in [3.05, 3.63) is 47.4 Å². The summed E-state index contributed by atoms with van der Waals surface area (Å²) in [7, 11) is 0. The van der Waals surface area contributed by atoms with Crippen LogP contribution in [0.15, 0.2) is 30.5 Å². The molecule has 27 heavy (non-hydrogen) atoms. The van der Waals surface area contributed by atoms with Crippen molar-refractivity contribution >= 4 is 0 Å². The normalized spacial score (nSPS) is 20.1. The zero-order chi connectivity index (χ0) is 18.2. The van der Waals surface area contributed by atoms with Crippen LogP contribution >= 0.6 is 0 Å². The van der Waals surface area contributed by atoms with Crippen LogP contribution in [0.5, 0.6) is 0 Å². The minimum Gasteiger partial charge on any atom is -0.316 e. The van der Waals surface area contributed by atoms with Gasteiger partial charge >= 0.3 is 0 Å². The van der Waals surface area contributed by atoms with Gasteiger partial charge in [-0.25, -0.2) is 9.67 Å². The monoisotopic (exact) mass is 363 g/mol. The van der Waals surface area contributed by atoms with Crippen LogP contribution in [0.4, 0.5) is 0 Å². The molecule has 3 heterocycles. The maximum Gasteiger partial charge on any atom is 0.180 e. The van der Waals surface area contributed by atoms with E-state index in [2.05, 4.69) is 49.6 Å². The number of fused-ring (bicyclic) bond motifs is 1. The van der Waals surface area contributed by atoms with Crippen LogP contribution in [0.3, 0.4) is 0 Å². The smallest absolute Gasteiger partial charge is 0.180 e. The van der Waals surface area contributed by atoms with Crippen LogP contribution in [0.25, 0.3) is 11.5 Å². The first-order valence-electron chi connectivity index (χ1n) is 9.87. The highest BCUT2D eigenvalue weighted by Crippen LogP contribution is 2.32. The number of nitrogens with zero attached hydrogens (tertiary/aromatic N) is 6. The van der Waals surface area contributed by atoms with Gasteiger partial charge in [0.25, 0.3) is 0 Å². The molecule has 1 N–H and O–H groups in total. The van der Waals surface area contributed by atoms with E-state index < -0.39 is 0 Å². The molecule has 7 nitrogen and oxygen atoms in total. The molecule has 0 unspecified atom stereocenters. The second-order valence-corrected chi connectivity index (χ2v) is 7.80. The first-order chi connectivity index (χ1) is 13.3. The summed E-state index contributed by atoms with van der Waals surface area (Å²) in [6.45, 7) is 5.04. The summed E-state index contributed by atoms with van der Waals surface area (Å²) >= 11 is 0. The molecule has 1 aliphatic heterocycles. The Bertz CT molecular complexity index is 910. The molecule has 1 saturated heterocycles. The number of aryl methyl sites for hydroxylation is 1. The molecule has 0 radical (unpaired) electrons. The van der Waals surface area contributed by atoms with Gasteiger partial charge in [-0.2, -0.15) is 5.10 Å². The maximum absolute atomic E-state index is 4.70. The number of benzene rings is 1. The van der Waals surface area contributed by atoms with Gasteiger partial charge in [-0.3, -0.25) is 4.68 Å². The third-order valence-electron chi connectivity index (χ3n) is 5.72. The third-order valence-corrected chi connectivity index (χ3v) is 5.72. The summed E-state index contributed by atoms with van der Waals surface area (Å²) in [6.07, 6.45) is 6.50. The highest BCUT2D eigenvalue weighted by molar-refractivity contribution is 5.48. The number of nitrogens with one attached hydrogen (secondary N) is 1. The molecule has 0 bridgehead atoms. The Labute approximate surface area is 158 Å². The van der Waals surface area contributed by atoms with Crippen LogP contribution in [0, 0.1) is 12.8 Å². The molecular weight excluding hydrogens is 338 g/mol. The largest absolute Gasteiger partial charge is 0.316 e. The Hall–Kier alpha value is -2.54. The second kappa shape index (κ2) is 6.88. The molecule has 1 aliphatic carbocycles. The van der Waals surface area contributed by atoms with Gasteiger partial charge in [-0.1, -0.05) is 29.5 Å². The summed E-state index contributed by atoms with van der Waals surface area (Å²) in [5.41, 5.74) is 3.64. The minimum atomic E-state index is 0.297. The lowest BCUT2D eigenvalue weighted by Gasteiger charge is -2.22. The molecule has 2 aromatic heterocycles. The lowest BCUT2D eigenvalue weighted by molar-refractivity contribution is 0.322. The zero-order valence-electron chi connectivity index (χ0n) is 15.7. The van der Waals surface area contributed by atoms with Gasteiger partial charge < -0.3 is 5.32 Å². The van der Waals surface area contributed by atoms with Gasteiger partial charge in [-0.15, -0.1) is 5.10 Å². The van der Waals surface area contributed by atoms with Gasteiger partial charge in [0.05, 0.1) is 12.2 Å². The average molecular weight is 363 g/mol. The van der Waals surface area contributed by atoms with E-state index in [-0.39, 0.29) is 0 Å². The predicted molar refractivity (Wildman–Crippen MR) is 102 cm³/mol. The SMILES string of the molecule is Cc1nc(-c2cn(C[C@H]3CCCNC3)nn2)n(C2Cc3ccccc3C2)n1. The van der Waals surface area contributed by atoms with Gasteiger partial charge in [0, 0.05) is 6.54 Å². The topological polar surface area (TPSA) is 73.5 Å². The van der Waals surface area contributed by atoms with Crippen LogP contribution < -0.4 is 5.32 Å². The molecule has 3 aromatic rings. The number of hydrogen-bond donors (Lipinski definition) is 1. The van der Waals surface area contributed by atoms with Crippen molar-refractivity contribution in [1.82, 2.24) is 35.1 Å². The van der Waals surface area contributed by atoms with E-state index >= 15 is 0 Å². The fourth-order valence-electron chi connectivity index (χ4n) is 4.40. The standard InChI is InChI=1S/C20H25N7/c1-14-22-20(19-13-26(25-23-19)12-15-5-4-8-21-11-15)27(24-14)18-9-16-6-2-3-7-17(16)10-18/h2-3,6-7,13,15,18,21H,4-5,8-12H2,1H3/t15-/m0/s1. The fourth-order valence-corrected chi connectivity index (χ4v) is 4.40. The fraction of sp³-hybridized carbons (Fsp3) is 0.500. The van der Waals surface area contributed by atoms with E-state index in [0.717, 1.165) is 49.8 Å². The number of aromatic nitrogens is 6. The highest BCUT2D eigenvalue weighted by atomic mass is 15.4. The van der Waals surface area contributed by atoms with Crippen LogP contribution in [0.2, 0.25) is 0 Å². The number of piperidine rings is 1. The molecule has 0 amide bonds. The van der Waals surface area contributed by atoms with Crippen molar-refractivity contribution < 1.29 is 0 Å². The van der Waals surface area contributed by atoms with Gasteiger partial charge in [0.1, 0.15) is 11.5 Å². The number of rotatable bonds is 4. The lowest BCUT2D eigenvalue weighted by Crippen LogP contribution is -2.32. The van der Waals surface area contributed by atoms with Crippen LogP contribution in [0.1, 0.15) is 35.8 Å². The molecule has 1 aromatic carbocycles. The van der Waals surface area contributed by atoms with Gasteiger partial charge in [0.15, 0.2) is 5.82 Å². The van der Waals surface area contributed by atoms with Crippen molar-refractivity contribution in [1.29, 1.82) is 0 Å². The van der Waals surface area contributed by atoms with E-state index in [9.17, 15) is 0 Å². The van der Waals surface area contributed by atoms with Crippen LogP contribution in [-0.2, 0) is 19.4 Å². The molecule has 0 spiro atoms. The molecule has 1 fully saturated rings. The molecular formula is C20H25N7. The Kier molecular flexibility index (Phi) is 4.24. The Morgan fingerprint density at radius 3 is 2.74 bits per heavy atom. The molecule has 7 heteroatoms. The first kappa shape index (κ1) is 16.6. The maximum atomic E-state index is 4.70. The summed E-state index contributed by atoms with van der Waals surface area (Å²) in [5.74, 6) is 2.24. The second-order valence-electron chi connectivity index (χ2n) is 7.80.